The Kier molecular flexibility index (Phi) is 4.66. The minimum absolute atomic E-state index is 0.0374. The molecule has 0 fully saturated rings. The molecule has 0 radical (unpaired) electrons. The Bertz CT molecular complexity index is 713. The van der Waals surface area contributed by atoms with E-state index in [0.29, 0.717) is 11.5 Å². The van der Waals surface area contributed by atoms with E-state index in [4.69, 9.17) is 13.7 Å². The Labute approximate surface area is 129 Å². The zero-order valence-electron chi connectivity index (χ0n) is 12.0. The Morgan fingerprint density at radius 3 is 1.91 bits per heavy atom. The Balaban J connectivity index is 2.12. The lowest BCUT2D eigenvalue weighted by Crippen LogP contribution is -2.45. The van der Waals surface area contributed by atoms with E-state index in [9.17, 15) is 16.8 Å². The Morgan fingerprint density at radius 1 is 0.955 bits per heavy atom. The maximum atomic E-state index is 11.2. The van der Waals surface area contributed by atoms with Crippen molar-refractivity contribution in [3.05, 3.63) is 24.3 Å². The number of rotatable bonds is 7. The van der Waals surface area contributed by atoms with Crippen molar-refractivity contribution < 1.29 is 34.7 Å². The fraction of sp³-hybridized carbons (Fsp3) is 0.500. The highest BCUT2D eigenvalue weighted by Crippen LogP contribution is 2.40. The van der Waals surface area contributed by atoms with Crippen molar-refractivity contribution in [1.29, 1.82) is 0 Å². The molecule has 0 unspecified atom stereocenters. The molecule has 1 aromatic rings. The number of para-hydroxylation sites is 2. The molecule has 22 heavy (non-hydrogen) atoms. The highest BCUT2D eigenvalue weighted by Gasteiger charge is 2.43. The lowest BCUT2D eigenvalue weighted by atomic mass is 10.2. The van der Waals surface area contributed by atoms with E-state index in [1.54, 1.807) is 24.3 Å². The quantitative estimate of drug-likeness (QED) is 0.653. The first-order chi connectivity index (χ1) is 10.1. The van der Waals surface area contributed by atoms with Crippen LogP contribution in [0.4, 0.5) is 0 Å². The van der Waals surface area contributed by atoms with Gasteiger partial charge in [0.2, 0.25) is 0 Å². The Hall–Kier alpha value is -1.36. The molecule has 1 heterocycles. The smallest absolute Gasteiger partial charge is 0.278 e. The SMILES string of the molecule is CS(=O)(=O)OCCC1(COS(C)(=O)=O)Oc2ccccc2O1. The number of fused-ring (bicyclic) bond motifs is 1. The van der Waals surface area contributed by atoms with Crippen molar-refractivity contribution in [2.24, 2.45) is 0 Å². The van der Waals surface area contributed by atoms with Gasteiger partial charge in [-0.1, -0.05) is 12.1 Å². The first-order valence-corrected chi connectivity index (χ1v) is 9.88. The summed E-state index contributed by atoms with van der Waals surface area (Å²) in [5.74, 6) is -0.629. The Morgan fingerprint density at radius 2 is 1.45 bits per heavy atom. The van der Waals surface area contributed by atoms with Crippen LogP contribution in [-0.2, 0) is 28.6 Å². The standard InChI is InChI=1S/C12H16O8S2/c1-21(13,14)17-8-7-12(9-18-22(2,15)16)19-10-5-3-4-6-11(10)20-12/h3-6H,7-9H2,1-2H3. The average Bonchev–Trinajstić information content (AvgIpc) is 2.73. The third kappa shape index (κ3) is 4.83. The van der Waals surface area contributed by atoms with Gasteiger partial charge in [-0.05, 0) is 12.1 Å². The van der Waals surface area contributed by atoms with Crippen LogP contribution in [0.25, 0.3) is 0 Å². The molecule has 0 N–H and O–H groups in total. The monoisotopic (exact) mass is 352 g/mol. The molecule has 0 atom stereocenters. The molecule has 10 heteroatoms. The summed E-state index contributed by atoms with van der Waals surface area (Å²) in [5, 5.41) is 0. The average molecular weight is 352 g/mol. The minimum atomic E-state index is -3.71. The van der Waals surface area contributed by atoms with Crippen molar-refractivity contribution in [1.82, 2.24) is 0 Å². The van der Waals surface area contributed by atoms with Crippen molar-refractivity contribution >= 4 is 20.2 Å². The summed E-state index contributed by atoms with van der Waals surface area (Å²) < 4.78 is 65.0. The van der Waals surface area contributed by atoms with Crippen LogP contribution < -0.4 is 9.47 Å². The highest BCUT2D eigenvalue weighted by molar-refractivity contribution is 7.86. The fourth-order valence-corrected chi connectivity index (χ4v) is 2.60. The maximum absolute atomic E-state index is 11.2. The van der Waals surface area contributed by atoms with E-state index >= 15 is 0 Å². The molecule has 0 amide bonds. The van der Waals surface area contributed by atoms with E-state index < -0.39 is 32.6 Å². The highest BCUT2D eigenvalue weighted by atomic mass is 32.2. The van der Waals surface area contributed by atoms with E-state index in [2.05, 4.69) is 4.18 Å². The van der Waals surface area contributed by atoms with Gasteiger partial charge in [-0.2, -0.15) is 16.8 Å². The van der Waals surface area contributed by atoms with Gasteiger partial charge >= 0.3 is 0 Å². The first kappa shape index (κ1) is 17.0. The zero-order chi connectivity index (χ0) is 16.4. The molecule has 1 aliphatic rings. The number of ether oxygens (including phenoxy) is 2. The lowest BCUT2D eigenvalue weighted by Gasteiger charge is -2.26. The van der Waals surface area contributed by atoms with Gasteiger partial charge in [-0.15, -0.1) is 0 Å². The summed E-state index contributed by atoms with van der Waals surface area (Å²) in [5.41, 5.74) is 0. The van der Waals surface area contributed by atoms with Gasteiger partial charge in [-0.25, -0.2) is 0 Å². The van der Waals surface area contributed by atoms with Crippen LogP contribution in [0.15, 0.2) is 24.3 Å². The summed E-state index contributed by atoms with van der Waals surface area (Å²) >= 11 is 0. The molecule has 0 aromatic heterocycles. The minimum Gasteiger partial charge on any atom is -0.446 e. The molecule has 0 saturated carbocycles. The van der Waals surface area contributed by atoms with E-state index in [1.807, 2.05) is 0 Å². The van der Waals surface area contributed by atoms with Crippen LogP contribution in [-0.4, -0.2) is 48.3 Å². The van der Waals surface area contributed by atoms with Crippen LogP contribution >= 0.6 is 0 Å². The van der Waals surface area contributed by atoms with Crippen LogP contribution in [0.5, 0.6) is 11.5 Å². The molecule has 0 saturated heterocycles. The second-order valence-electron chi connectivity index (χ2n) is 4.80. The molecule has 0 aliphatic carbocycles. The summed E-state index contributed by atoms with van der Waals surface area (Å²) in [6.45, 7) is -0.659. The largest absolute Gasteiger partial charge is 0.446 e. The third-order valence-corrected chi connectivity index (χ3v) is 3.86. The van der Waals surface area contributed by atoms with Gasteiger partial charge in [0.05, 0.1) is 25.5 Å². The molecular formula is C12H16O8S2. The van der Waals surface area contributed by atoms with Gasteiger partial charge < -0.3 is 9.47 Å². The molecular weight excluding hydrogens is 336 g/mol. The molecule has 0 spiro atoms. The topological polar surface area (TPSA) is 105 Å². The molecule has 2 rings (SSSR count). The van der Waals surface area contributed by atoms with Crippen molar-refractivity contribution in [2.45, 2.75) is 12.2 Å². The normalized spacial score (nSPS) is 16.6. The lowest BCUT2D eigenvalue weighted by molar-refractivity contribution is -0.117. The van der Waals surface area contributed by atoms with Gasteiger partial charge in [-0.3, -0.25) is 8.37 Å². The van der Waals surface area contributed by atoms with Crippen LogP contribution in [0.2, 0.25) is 0 Å². The zero-order valence-corrected chi connectivity index (χ0v) is 13.6. The van der Waals surface area contributed by atoms with Crippen LogP contribution in [0.3, 0.4) is 0 Å². The molecule has 0 bridgehead atoms. The van der Waals surface area contributed by atoms with Crippen molar-refractivity contribution in [3.8, 4) is 11.5 Å². The van der Waals surface area contributed by atoms with Crippen LogP contribution in [0.1, 0.15) is 6.42 Å². The third-order valence-electron chi connectivity index (χ3n) is 2.71. The predicted molar refractivity (Wildman–Crippen MR) is 76.6 cm³/mol. The second-order valence-corrected chi connectivity index (χ2v) is 8.09. The number of hydrogen-bond donors (Lipinski definition) is 0. The van der Waals surface area contributed by atoms with Gasteiger partial charge in [0.25, 0.3) is 26.0 Å². The van der Waals surface area contributed by atoms with Crippen molar-refractivity contribution in [3.63, 3.8) is 0 Å². The van der Waals surface area contributed by atoms with Gasteiger partial charge in [0.15, 0.2) is 11.5 Å². The maximum Gasteiger partial charge on any atom is 0.278 e. The van der Waals surface area contributed by atoms with E-state index in [-0.39, 0.29) is 13.0 Å². The summed E-state index contributed by atoms with van der Waals surface area (Å²) in [7, 11) is -7.33. The van der Waals surface area contributed by atoms with Crippen LogP contribution in [0, 0.1) is 0 Å². The van der Waals surface area contributed by atoms with Gasteiger partial charge in [0.1, 0.15) is 6.61 Å². The number of hydrogen-bond acceptors (Lipinski definition) is 8. The molecule has 1 aromatic carbocycles. The molecule has 1 aliphatic heterocycles. The first-order valence-electron chi connectivity index (χ1n) is 6.24. The van der Waals surface area contributed by atoms with Gasteiger partial charge in [0, 0.05) is 0 Å². The molecule has 8 nitrogen and oxygen atoms in total. The molecule has 124 valence electrons. The van der Waals surface area contributed by atoms with E-state index in [0.717, 1.165) is 12.5 Å². The fourth-order valence-electron chi connectivity index (χ4n) is 1.82. The van der Waals surface area contributed by atoms with E-state index in [1.165, 1.54) is 0 Å². The summed E-state index contributed by atoms with van der Waals surface area (Å²) in [6, 6.07) is 6.75. The predicted octanol–water partition coefficient (Wildman–Crippen LogP) is 0.497. The van der Waals surface area contributed by atoms with Crippen molar-refractivity contribution in [2.75, 3.05) is 25.7 Å². The summed E-state index contributed by atoms with van der Waals surface area (Å²) in [6.07, 6.45) is 1.78. The number of benzene rings is 1. The second kappa shape index (κ2) is 6.03. The summed E-state index contributed by atoms with van der Waals surface area (Å²) in [4.78, 5) is 0.